The van der Waals surface area contributed by atoms with Crippen LogP contribution < -0.4 is 5.32 Å². The Hall–Kier alpha value is -1.35. The Balaban J connectivity index is 1.62. The van der Waals surface area contributed by atoms with Gasteiger partial charge in [0.25, 0.3) is 0 Å². The molecule has 1 saturated carbocycles. The van der Waals surface area contributed by atoms with Gasteiger partial charge in [-0.25, -0.2) is 4.98 Å². The number of benzene rings is 1. The fraction of sp³-hybridized carbons (Fsp3) is 0.588. The Bertz CT molecular complexity index is 618. The number of aryl methyl sites for hydroxylation is 1. The van der Waals surface area contributed by atoms with Crippen LogP contribution in [0.25, 0.3) is 11.0 Å². The lowest BCUT2D eigenvalue weighted by atomic mass is 9.91. The summed E-state index contributed by atoms with van der Waals surface area (Å²) in [6, 6.07) is 7.66. The van der Waals surface area contributed by atoms with Gasteiger partial charge < -0.3 is 9.88 Å². The topological polar surface area (TPSA) is 29.9 Å². The van der Waals surface area contributed by atoms with Crippen molar-refractivity contribution in [2.24, 2.45) is 5.92 Å². The highest BCUT2D eigenvalue weighted by molar-refractivity contribution is 5.77. The molecule has 1 aromatic heterocycles. The van der Waals surface area contributed by atoms with Gasteiger partial charge in [-0.05, 0) is 75.7 Å². The van der Waals surface area contributed by atoms with Gasteiger partial charge in [-0.2, -0.15) is 0 Å². The Morgan fingerprint density at radius 1 is 1.20 bits per heavy atom. The number of nitrogens with zero attached hydrogens (tertiary/aromatic N) is 2. The molecule has 2 aliphatic rings. The molecule has 106 valence electrons. The van der Waals surface area contributed by atoms with E-state index < -0.39 is 0 Å². The van der Waals surface area contributed by atoms with Crippen molar-refractivity contribution in [1.29, 1.82) is 0 Å². The van der Waals surface area contributed by atoms with E-state index in [1.165, 1.54) is 67.6 Å². The number of rotatable bonds is 3. The first-order valence-electron chi connectivity index (χ1n) is 7.99. The van der Waals surface area contributed by atoms with Gasteiger partial charge in [-0.1, -0.05) is 6.07 Å². The van der Waals surface area contributed by atoms with Crippen LogP contribution in [0, 0.1) is 12.8 Å². The average Bonchev–Trinajstić information content (AvgIpc) is 3.23. The summed E-state index contributed by atoms with van der Waals surface area (Å²) in [7, 11) is 0. The van der Waals surface area contributed by atoms with Gasteiger partial charge in [-0.15, -0.1) is 0 Å². The summed E-state index contributed by atoms with van der Waals surface area (Å²) < 4.78 is 2.43. The predicted octanol–water partition coefficient (Wildman–Crippen LogP) is 3.22. The van der Waals surface area contributed by atoms with Gasteiger partial charge in [0.05, 0.1) is 11.0 Å². The maximum Gasteiger partial charge on any atom is 0.106 e. The third-order valence-electron chi connectivity index (χ3n) is 4.83. The molecule has 2 aromatic rings. The largest absolute Gasteiger partial charge is 0.325 e. The van der Waals surface area contributed by atoms with E-state index in [2.05, 4.69) is 35.0 Å². The molecule has 2 fully saturated rings. The van der Waals surface area contributed by atoms with Gasteiger partial charge in [0, 0.05) is 6.04 Å². The van der Waals surface area contributed by atoms with Crippen LogP contribution in [-0.4, -0.2) is 22.6 Å². The molecule has 3 nitrogen and oxygen atoms in total. The molecule has 4 rings (SSSR count). The van der Waals surface area contributed by atoms with E-state index in [4.69, 9.17) is 4.98 Å². The third-order valence-corrected chi connectivity index (χ3v) is 4.83. The summed E-state index contributed by atoms with van der Waals surface area (Å²) in [5.41, 5.74) is 3.99. The second-order valence-electron chi connectivity index (χ2n) is 6.48. The van der Waals surface area contributed by atoms with Crippen molar-refractivity contribution in [1.82, 2.24) is 14.9 Å². The maximum absolute atomic E-state index is 4.78. The van der Waals surface area contributed by atoms with Crippen molar-refractivity contribution < 1.29 is 0 Å². The van der Waals surface area contributed by atoms with Gasteiger partial charge in [0.1, 0.15) is 5.82 Å². The zero-order valence-electron chi connectivity index (χ0n) is 12.2. The van der Waals surface area contributed by atoms with Crippen LogP contribution in [0.3, 0.4) is 0 Å². The molecule has 0 spiro atoms. The molecule has 1 N–H and O–H groups in total. The first kappa shape index (κ1) is 12.4. The summed E-state index contributed by atoms with van der Waals surface area (Å²) >= 11 is 0. The molecule has 0 unspecified atom stereocenters. The Morgan fingerprint density at radius 3 is 2.75 bits per heavy atom. The van der Waals surface area contributed by atoms with E-state index in [1.807, 2.05) is 0 Å². The van der Waals surface area contributed by atoms with Crippen LogP contribution >= 0.6 is 0 Å². The second kappa shape index (κ2) is 4.88. The zero-order valence-corrected chi connectivity index (χ0v) is 12.2. The quantitative estimate of drug-likeness (QED) is 0.927. The molecule has 2 heterocycles. The van der Waals surface area contributed by atoms with E-state index in [0.29, 0.717) is 0 Å². The highest BCUT2D eigenvalue weighted by Crippen LogP contribution is 2.38. The summed E-state index contributed by atoms with van der Waals surface area (Å²) in [5.74, 6) is 2.03. The average molecular weight is 269 g/mol. The molecule has 1 aliphatic heterocycles. The maximum atomic E-state index is 4.78. The minimum absolute atomic E-state index is 0.718. The summed E-state index contributed by atoms with van der Waals surface area (Å²) in [6.07, 6.45) is 6.49. The molecule has 1 aliphatic carbocycles. The molecule has 0 radical (unpaired) electrons. The van der Waals surface area contributed by atoms with Crippen LogP contribution in [0.2, 0.25) is 0 Å². The van der Waals surface area contributed by atoms with Crippen molar-refractivity contribution in [2.45, 2.75) is 45.1 Å². The van der Waals surface area contributed by atoms with Crippen LogP contribution in [0.1, 0.15) is 43.1 Å². The monoisotopic (exact) mass is 269 g/mol. The third kappa shape index (κ3) is 2.24. The number of imidazole rings is 1. The minimum Gasteiger partial charge on any atom is -0.325 e. The molecule has 1 aromatic carbocycles. The second-order valence-corrected chi connectivity index (χ2v) is 6.48. The highest BCUT2D eigenvalue weighted by atomic mass is 15.1. The van der Waals surface area contributed by atoms with Gasteiger partial charge in [0.2, 0.25) is 0 Å². The predicted molar refractivity (Wildman–Crippen MR) is 82.0 cm³/mol. The molecule has 3 heteroatoms. The van der Waals surface area contributed by atoms with E-state index in [-0.39, 0.29) is 0 Å². The molecule has 0 atom stereocenters. The standard InChI is InChI=1S/C17H23N3/c1-12-19-16-11-14(10-13-6-8-18-9-7-13)2-5-17(16)20(12)15-3-4-15/h2,5,11,13,15,18H,3-4,6-10H2,1H3. The smallest absolute Gasteiger partial charge is 0.106 e. The van der Waals surface area contributed by atoms with E-state index in [1.54, 1.807) is 0 Å². The number of aromatic nitrogens is 2. The fourth-order valence-corrected chi connectivity index (χ4v) is 3.60. The molecular weight excluding hydrogens is 246 g/mol. The summed E-state index contributed by atoms with van der Waals surface area (Å²) in [5, 5.41) is 3.44. The SMILES string of the molecule is Cc1nc2cc(CC3CCNCC3)ccc2n1C1CC1. The number of hydrogen-bond donors (Lipinski definition) is 1. The van der Waals surface area contributed by atoms with E-state index >= 15 is 0 Å². The van der Waals surface area contributed by atoms with E-state index in [9.17, 15) is 0 Å². The first-order valence-corrected chi connectivity index (χ1v) is 7.99. The van der Waals surface area contributed by atoms with E-state index in [0.717, 1.165) is 12.0 Å². The summed E-state index contributed by atoms with van der Waals surface area (Å²) in [4.78, 5) is 4.78. The lowest BCUT2D eigenvalue weighted by Gasteiger charge is -2.22. The van der Waals surface area contributed by atoms with Crippen molar-refractivity contribution in [3.05, 3.63) is 29.6 Å². The zero-order chi connectivity index (χ0) is 13.5. The van der Waals surface area contributed by atoms with Crippen molar-refractivity contribution in [3.63, 3.8) is 0 Å². The van der Waals surface area contributed by atoms with Crippen LogP contribution in [-0.2, 0) is 6.42 Å². The minimum atomic E-state index is 0.718. The molecule has 0 amide bonds. The highest BCUT2D eigenvalue weighted by Gasteiger charge is 2.27. The first-order chi connectivity index (χ1) is 9.81. The van der Waals surface area contributed by atoms with Crippen LogP contribution in [0.15, 0.2) is 18.2 Å². The number of fused-ring (bicyclic) bond motifs is 1. The molecule has 1 saturated heterocycles. The van der Waals surface area contributed by atoms with Gasteiger partial charge in [-0.3, -0.25) is 0 Å². The number of piperidine rings is 1. The summed E-state index contributed by atoms with van der Waals surface area (Å²) in [6.45, 7) is 4.51. The number of hydrogen-bond acceptors (Lipinski definition) is 2. The number of nitrogens with one attached hydrogen (secondary N) is 1. The lowest BCUT2D eigenvalue weighted by molar-refractivity contribution is 0.373. The van der Waals surface area contributed by atoms with Crippen LogP contribution in [0.5, 0.6) is 0 Å². The van der Waals surface area contributed by atoms with Crippen molar-refractivity contribution in [2.75, 3.05) is 13.1 Å². The lowest BCUT2D eigenvalue weighted by Crippen LogP contribution is -2.28. The Kier molecular flexibility index (Phi) is 3.03. The Labute approximate surface area is 120 Å². The van der Waals surface area contributed by atoms with Gasteiger partial charge in [0.15, 0.2) is 0 Å². The van der Waals surface area contributed by atoms with Crippen molar-refractivity contribution >= 4 is 11.0 Å². The molecular formula is C17H23N3. The Morgan fingerprint density at radius 2 is 2.00 bits per heavy atom. The molecule has 20 heavy (non-hydrogen) atoms. The van der Waals surface area contributed by atoms with Crippen LogP contribution in [0.4, 0.5) is 0 Å². The molecule has 0 bridgehead atoms. The van der Waals surface area contributed by atoms with Crippen molar-refractivity contribution in [3.8, 4) is 0 Å². The van der Waals surface area contributed by atoms with Gasteiger partial charge >= 0.3 is 0 Å². The normalized spacial score (nSPS) is 20.6. The fourth-order valence-electron chi connectivity index (χ4n) is 3.60.